The second-order valence-electron chi connectivity index (χ2n) is 6.59. The summed E-state index contributed by atoms with van der Waals surface area (Å²) in [7, 11) is 5.76. The first-order valence-electron chi connectivity index (χ1n) is 8.61. The predicted molar refractivity (Wildman–Crippen MR) is 91.4 cm³/mol. The van der Waals surface area contributed by atoms with Crippen molar-refractivity contribution in [1.82, 2.24) is 9.97 Å². The third-order valence-electron chi connectivity index (χ3n) is 4.63. The molecule has 0 bridgehead atoms. The van der Waals surface area contributed by atoms with Crippen LogP contribution in [-0.2, 0) is 22.3 Å². The number of methoxy groups -OCH3 is 1. The van der Waals surface area contributed by atoms with Crippen LogP contribution >= 0.6 is 0 Å². The number of aryl methyl sites for hydroxylation is 1. The van der Waals surface area contributed by atoms with Gasteiger partial charge >= 0.3 is 0 Å². The quantitative estimate of drug-likeness (QED) is 0.822. The number of nitrogens with zero attached hydrogens (tertiary/aromatic N) is 4. The third-order valence-corrected chi connectivity index (χ3v) is 4.63. The number of hydrogen-bond acceptors (Lipinski definition) is 6. The molecule has 1 aromatic heterocycles. The molecule has 0 radical (unpaired) electrons. The molecule has 1 aromatic rings. The lowest BCUT2D eigenvalue weighted by Gasteiger charge is -2.36. The van der Waals surface area contributed by atoms with Crippen molar-refractivity contribution in [3.63, 3.8) is 0 Å². The maximum atomic E-state index is 5.88. The summed E-state index contributed by atoms with van der Waals surface area (Å²) in [6.07, 6.45) is 5.79. The Morgan fingerprint density at radius 3 is 2.87 bits per heavy atom. The van der Waals surface area contributed by atoms with Gasteiger partial charge in [-0.25, -0.2) is 4.98 Å². The van der Waals surface area contributed by atoms with Crippen LogP contribution in [0.25, 0.3) is 0 Å². The van der Waals surface area contributed by atoms with Gasteiger partial charge in [-0.2, -0.15) is 4.98 Å². The molecule has 1 aliphatic carbocycles. The molecule has 1 unspecified atom stereocenters. The number of fused-ring (bicyclic) bond motifs is 1. The van der Waals surface area contributed by atoms with Crippen LogP contribution in [0.2, 0.25) is 0 Å². The maximum absolute atomic E-state index is 5.88. The standard InChI is InChI=1S/C17H28N4O2/c1-20(2)17-18-15-7-5-4-6-14(15)16(19-17)21-9-11-23-13(12-21)8-10-22-3/h13H,4-12H2,1-3H3. The van der Waals surface area contributed by atoms with Crippen LogP contribution in [0.3, 0.4) is 0 Å². The minimum Gasteiger partial charge on any atom is -0.385 e. The number of hydrogen-bond donors (Lipinski definition) is 0. The molecule has 0 amide bonds. The highest BCUT2D eigenvalue weighted by Gasteiger charge is 2.26. The Bertz CT molecular complexity index is 536. The lowest BCUT2D eigenvalue weighted by Crippen LogP contribution is -2.44. The van der Waals surface area contributed by atoms with Gasteiger partial charge < -0.3 is 19.3 Å². The molecule has 1 fully saturated rings. The Balaban J connectivity index is 1.86. The van der Waals surface area contributed by atoms with Crippen LogP contribution in [0.1, 0.15) is 30.5 Å². The second kappa shape index (κ2) is 7.45. The van der Waals surface area contributed by atoms with E-state index in [-0.39, 0.29) is 6.10 Å². The van der Waals surface area contributed by atoms with Crippen molar-refractivity contribution >= 4 is 11.8 Å². The number of anilines is 2. The summed E-state index contributed by atoms with van der Waals surface area (Å²) in [5.74, 6) is 1.95. The third kappa shape index (κ3) is 3.75. The molecule has 1 atom stereocenters. The van der Waals surface area contributed by atoms with Gasteiger partial charge in [-0.15, -0.1) is 0 Å². The molecule has 1 saturated heterocycles. The van der Waals surface area contributed by atoms with Gasteiger partial charge in [-0.05, 0) is 32.1 Å². The van der Waals surface area contributed by atoms with E-state index in [4.69, 9.17) is 19.4 Å². The van der Waals surface area contributed by atoms with E-state index in [1.807, 2.05) is 19.0 Å². The molecule has 128 valence electrons. The molecule has 0 saturated carbocycles. The number of aromatic nitrogens is 2. The summed E-state index contributed by atoms with van der Waals surface area (Å²) in [6.45, 7) is 3.28. The van der Waals surface area contributed by atoms with Gasteiger partial charge in [-0.3, -0.25) is 0 Å². The molecular weight excluding hydrogens is 292 g/mol. The van der Waals surface area contributed by atoms with Crippen LogP contribution in [0.4, 0.5) is 11.8 Å². The monoisotopic (exact) mass is 320 g/mol. The molecule has 23 heavy (non-hydrogen) atoms. The van der Waals surface area contributed by atoms with E-state index >= 15 is 0 Å². The molecule has 0 spiro atoms. The van der Waals surface area contributed by atoms with Crippen molar-refractivity contribution in [1.29, 1.82) is 0 Å². The van der Waals surface area contributed by atoms with E-state index in [0.717, 1.165) is 57.3 Å². The molecular formula is C17H28N4O2. The predicted octanol–water partition coefficient (Wildman–Crippen LogP) is 1.66. The average Bonchev–Trinajstić information content (AvgIpc) is 2.59. The Morgan fingerprint density at radius 1 is 1.26 bits per heavy atom. The first kappa shape index (κ1) is 16.5. The second-order valence-corrected chi connectivity index (χ2v) is 6.59. The van der Waals surface area contributed by atoms with Crippen LogP contribution < -0.4 is 9.80 Å². The first-order chi connectivity index (χ1) is 11.2. The minimum atomic E-state index is 0.223. The number of morpholine rings is 1. The van der Waals surface area contributed by atoms with Gasteiger partial charge in [0.05, 0.1) is 18.4 Å². The average molecular weight is 320 g/mol. The van der Waals surface area contributed by atoms with E-state index in [1.54, 1.807) is 7.11 Å². The lowest BCUT2D eigenvalue weighted by atomic mass is 9.96. The van der Waals surface area contributed by atoms with Gasteiger partial charge in [0.15, 0.2) is 0 Å². The van der Waals surface area contributed by atoms with E-state index < -0.39 is 0 Å². The van der Waals surface area contributed by atoms with Crippen LogP contribution in [-0.4, -0.2) is 63.6 Å². The smallest absolute Gasteiger partial charge is 0.227 e. The van der Waals surface area contributed by atoms with E-state index in [9.17, 15) is 0 Å². The molecule has 0 aromatic carbocycles. The highest BCUT2D eigenvalue weighted by atomic mass is 16.5. The summed E-state index contributed by atoms with van der Waals surface area (Å²) in [4.78, 5) is 14.0. The largest absolute Gasteiger partial charge is 0.385 e. The van der Waals surface area contributed by atoms with Crippen molar-refractivity contribution < 1.29 is 9.47 Å². The van der Waals surface area contributed by atoms with E-state index in [1.165, 1.54) is 24.1 Å². The van der Waals surface area contributed by atoms with Crippen LogP contribution in [0, 0.1) is 0 Å². The van der Waals surface area contributed by atoms with Crippen molar-refractivity contribution in [2.24, 2.45) is 0 Å². The van der Waals surface area contributed by atoms with Crippen molar-refractivity contribution in [3.8, 4) is 0 Å². The Hall–Kier alpha value is -1.40. The normalized spacial score (nSPS) is 21.2. The SMILES string of the molecule is COCCC1CN(c2nc(N(C)C)nc3c2CCCC3)CCO1. The molecule has 6 heteroatoms. The Morgan fingerprint density at radius 2 is 2.09 bits per heavy atom. The van der Waals surface area contributed by atoms with Crippen molar-refractivity contribution in [3.05, 3.63) is 11.3 Å². The molecule has 1 aliphatic heterocycles. The summed E-state index contributed by atoms with van der Waals surface area (Å²) in [5.41, 5.74) is 2.60. The summed E-state index contributed by atoms with van der Waals surface area (Å²) in [5, 5.41) is 0. The molecule has 3 rings (SSSR count). The fourth-order valence-electron chi connectivity index (χ4n) is 3.36. The van der Waals surface area contributed by atoms with Gasteiger partial charge in [0.2, 0.25) is 5.95 Å². The zero-order chi connectivity index (χ0) is 16.2. The van der Waals surface area contributed by atoms with Gasteiger partial charge in [-0.1, -0.05) is 0 Å². The highest BCUT2D eigenvalue weighted by molar-refractivity contribution is 5.54. The Kier molecular flexibility index (Phi) is 5.33. The molecule has 2 heterocycles. The van der Waals surface area contributed by atoms with Crippen molar-refractivity contribution in [2.45, 2.75) is 38.2 Å². The fourth-order valence-corrected chi connectivity index (χ4v) is 3.36. The zero-order valence-electron chi connectivity index (χ0n) is 14.5. The van der Waals surface area contributed by atoms with Gasteiger partial charge in [0.1, 0.15) is 5.82 Å². The fraction of sp³-hybridized carbons (Fsp3) is 0.765. The van der Waals surface area contributed by atoms with E-state index in [2.05, 4.69) is 4.90 Å². The lowest BCUT2D eigenvalue weighted by molar-refractivity contribution is 0.0188. The topological polar surface area (TPSA) is 50.7 Å². The highest BCUT2D eigenvalue weighted by Crippen LogP contribution is 2.30. The summed E-state index contributed by atoms with van der Waals surface area (Å²) < 4.78 is 11.1. The molecule has 2 aliphatic rings. The molecule has 6 nitrogen and oxygen atoms in total. The summed E-state index contributed by atoms with van der Waals surface area (Å²) in [6, 6.07) is 0. The van der Waals surface area contributed by atoms with Gasteiger partial charge in [0.25, 0.3) is 0 Å². The minimum absolute atomic E-state index is 0.223. The van der Waals surface area contributed by atoms with Gasteiger partial charge in [0, 0.05) is 46.5 Å². The summed E-state index contributed by atoms with van der Waals surface area (Å²) >= 11 is 0. The maximum Gasteiger partial charge on any atom is 0.227 e. The van der Waals surface area contributed by atoms with Crippen molar-refractivity contribution in [2.75, 3.05) is 57.3 Å². The first-order valence-corrected chi connectivity index (χ1v) is 8.61. The Labute approximate surface area is 138 Å². The van der Waals surface area contributed by atoms with E-state index in [0.29, 0.717) is 0 Å². The van der Waals surface area contributed by atoms with Crippen LogP contribution in [0.15, 0.2) is 0 Å². The number of rotatable bonds is 5. The number of ether oxygens (including phenoxy) is 2. The zero-order valence-corrected chi connectivity index (χ0v) is 14.5. The molecule has 0 N–H and O–H groups in total. The van der Waals surface area contributed by atoms with Crippen LogP contribution in [0.5, 0.6) is 0 Å².